The van der Waals surface area contributed by atoms with Crippen LogP contribution >= 0.6 is 0 Å². The van der Waals surface area contributed by atoms with Gasteiger partial charge in [-0.3, -0.25) is 0 Å². The van der Waals surface area contributed by atoms with E-state index in [1.54, 1.807) is 13.2 Å². The van der Waals surface area contributed by atoms with Crippen molar-refractivity contribution in [2.24, 2.45) is 0 Å². The van der Waals surface area contributed by atoms with Gasteiger partial charge in [-0.05, 0) is 18.9 Å². The molecule has 1 aromatic heterocycles. The third-order valence-corrected chi connectivity index (χ3v) is 1.96. The van der Waals surface area contributed by atoms with Crippen LogP contribution in [0, 0.1) is 0 Å². The van der Waals surface area contributed by atoms with Crippen LogP contribution in [-0.4, -0.2) is 12.1 Å². The summed E-state index contributed by atoms with van der Waals surface area (Å²) in [4.78, 5) is 4.28. The van der Waals surface area contributed by atoms with E-state index in [0.29, 0.717) is 5.88 Å². The third kappa shape index (κ3) is 2.61. The minimum atomic E-state index is 0.639. The number of hydrogen-bond acceptors (Lipinski definition) is 3. The molecule has 0 amide bonds. The molecule has 3 nitrogen and oxygen atoms in total. The van der Waals surface area contributed by atoms with E-state index in [9.17, 15) is 0 Å². The fourth-order valence-corrected chi connectivity index (χ4v) is 1.15. The summed E-state index contributed by atoms with van der Waals surface area (Å²) in [7, 11) is 1.61. The largest absolute Gasteiger partial charge is 0.481 e. The summed E-state index contributed by atoms with van der Waals surface area (Å²) in [6, 6.07) is 3.63. The first-order valence-electron chi connectivity index (χ1n) is 4.57. The second-order valence-corrected chi connectivity index (χ2v) is 2.99. The SMILES string of the molecule is CCCCc1nc(OC)ccc1N. The van der Waals surface area contributed by atoms with Crippen molar-refractivity contribution >= 4 is 5.69 Å². The van der Waals surface area contributed by atoms with Gasteiger partial charge in [-0.1, -0.05) is 13.3 Å². The van der Waals surface area contributed by atoms with Crippen LogP contribution in [0.3, 0.4) is 0 Å². The van der Waals surface area contributed by atoms with Crippen molar-refractivity contribution in [2.45, 2.75) is 26.2 Å². The molecule has 0 bridgehead atoms. The maximum atomic E-state index is 5.77. The molecule has 0 unspecified atom stereocenters. The van der Waals surface area contributed by atoms with E-state index in [2.05, 4.69) is 11.9 Å². The maximum absolute atomic E-state index is 5.77. The molecule has 0 saturated carbocycles. The molecule has 0 aliphatic carbocycles. The summed E-state index contributed by atoms with van der Waals surface area (Å²) in [5, 5.41) is 0. The fourth-order valence-electron chi connectivity index (χ4n) is 1.15. The monoisotopic (exact) mass is 180 g/mol. The number of pyridine rings is 1. The molecule has 0 radical (unpaired) electrons. The third-order valence-electron chi connectivity index (χ3n) is 1.96. The van der Waals surface area contributed by atoms with Gasteiger partial charge in [0.15, 0.2) is 0 Å². The lowest BCUT2D eigenvalue weighted by atomic mass is 10.1. The first-order chi connectivity index (χ1) is 6.27. The summed E-state index contributed by atoms with van der Waals surface area (Å²) >= 11 is 0. The highest BCUT2D eigenvalue weighted by molar-refractivity contribution is 5.44. The van der Waals surface area contributed by atoms with E-state index in [1.807, 2.05) is 6.07 Å². The number of nitrogen functional groups attached to an aromatic ring is 1. The van der Waals surface area contributed by atoms with E-state index in [1.165, 1.54) is 0 Å². The van der Waals surface area contributed by atoms with Crippen LogP contribution in [0.15, 0.2) is 12.1 Å². The highest BCUT2D eigenvalue weighted by Crippen LogP contribution is 2.16. The van der Waals surface area contributed by atoms with Gasteiger partial charge in [0, 0.05) is 6.07 Å². The molecule has 1 rings (SSSR count). The van der Waals surface area contributed by atoms with Gasteiger partial charge in [-0.2, -0.15) is 0 Å². The van der Waals surface area contributed by atoms with Gasteiger partial charge in [0.25, 0.3) is 0 Å². The Morgan fingerprint density at radius 2 is 2.23 bits per heavy atom. The number of aromatic nitrogens is 1. The van der Waals surface area contributed by atoms with Crippen molar-refractivity contribution in [3.05, 3.63) is 17.8 Å². The number of unbranched alkanes of at least 4 members (excludes halogenated alkanes) is 1. The van der Waals surface area contributed by atoms with Crippen molar-refractivity contribution in [3.63, 3.8) is 0 Å². The quantitative estimate of drug-likeness (QED) is 0.771. The molecule has 0 fully saturated rings. The number of rotatable bonds is 4. The van der Waals surface area contributed by atoms with Crippen molar-refractivity contribution < 1.29 is 4.74 Å². The lowest BCUT2D eigenvalue weighted by molar-refractivity contribution is 0.396. The van der Waals surface area contributed by atoms with Gasteiger partial charge in [-0.25, -0.2) is 4.98 Å². The van der Waals surface area contributed by atoms with E-state index in [0.717, 1.165) is 30.6 Å². The van der Waals surface area contributed by atoms with Crippen molar-refractivity contribution in [1.82, 2.24) is 4.98 Å². The number of aryl methyl sites for hydroxylation is 1. The molecule has 0 aliphatic heterocycles. The molecular formula is C10H16N2O. The Morgan fingerprint density at radius 3 is 2.85 bits per heavy atom. The lowest BCUT2D eigenvalue weighted by Crippen LogP contribution is -1.99. The van der Waals surface area contributed by atoms with Crippen molar-refractivity contribution in [1.29, 1.82) is 0 Å². The molecule has 1 aromatic rings. The Morgan fingerprint density at radius 1 is 1.46 bits per heavy atom. The van der Waals surface area contributed by atoms with E-state index >= 15 is 0 Å². The topological polar surface area (TPSA) is 48.1 Å². The van der Waals surface area contributed by atoms with Crippen LogP contribution in [0.1, 0.15) is 25.5 Å². The van der Waals surface area contributed by atoms with Gasteiger partial charge in [0.1, 0.15) is 0 Å². The molecule has 3 heteroatoms. The first-order valence-corrected chi connectivity index (χ1v) is 4.57. The van der Waals surface area contributed by atoms with Crippen LogP contribution in [0.4, 0.5) is 5.69 Å². The molecule has 72 valence electrons. The predicted octanol–water partition coefficient (Wildman–Crippen LogP) is 2.02. The lowest BCUT2D eigenvalue weighted by Gasteiger charge is -2.05. The molecular weight excluding hydrogens is 164 g/mol. The minimum Gasteiger partial charge on any atom is -0.481 e. The Bertz CT molecular complexity index is 274. The van der Waals surface area contributed by atoms with Crippen LogP contribution in [-0.2, 0) is 6.42 Å². The molecule has 0 aromatic carbocycles. The van der Waals surface area contributed by atoms with Crippen molar-refractivity contribution in [3.8, 4) is 5.88 Å². The van der Waals surface area contributed by atoms with Gasteiger partial charge >= 0.3 is 0 Å². The van der Waals surface area contributed by atoms with E-state index in [4.69, 9.17) is 10.5 Å². The summed E-state index contributed by atoms with van der Waals surface area (Å²) in [6.45, 7) is 2.15. The number of hydrogen-bond donors (Lipinski definition) is 1. The minimum absolute atomic E-state index is 0.639. The molecule has 0 atom stereocenters. The Balaban J connectivity index is 2.78. The summed E-state index contributed by atoms with van der Waals surface area (Å²) in [5.41, 5.74) is 7.47. The van der Waals surface area contributed by atoms with Gasteiger partial charge in [0.2, 0.25) is 5.88 Å². The fraction of sp³-hybridized carbons (Fsp3) is 0.500. The number of ether oxygens (including phenoxy) is 1. The van der Waals surface area contributed by atoms with E-state index < -0.39 is 0 Å². The van der Waals surface area contributed by atoms with Gasteiger partial charge < -0.3 is 10.5 Å². The number of methoxy groups -OCH3 is 1. The van der Waals surface area contributed by atoms with Crippen LogP contribution in [0.25, 0.3) is 0 Å². The summed E-state index contributed by atoms with van der Waals surface area (Å²) < 4.78 is 5.02. The molecule has 2 N–H and O–H groups in total. The zero-order valence-electron chi connectivity index (χ0n) is 8.21. The number of nitrogens with two attached hydrogens (primary N) is 1. The summed E-state index contributed by atoms with van der Waals surface area (Å²) in [5.74, 6) is 0.639. The Hall–Kier alpha value is -1.25. The molecule has 0 spiro atoms. The van der Waals surface area contributed by atoms with Gasteiger partial charge in [0.05, 0.1) is 18.5 Å². The van der Waals surface area contributed by atoms with Crippen LogP contribution in [0.2, 0.25) is 0 Å². The first kappa shape index (κ1) is 9.84. The second-order valence-electron chi connectivity index (χ2n) is 2.99. The average molecular weight is 180 g/mol. The normalized spacial score (nSPS) is 10.0. The molecule has 13 heavy (non-hydrogen) atoms. The van der Waals surface area contributed by atoms with E-state index in [-0.39, 0.29) is 0 Å². The standard InChI is InChI=1S/C10H16N2O/c1-3-4-5-9-8(11)6-7-10(12-9)13-2/h6-7H,3-5,11H2,1-2H3. The zero-order valence-corrected chi connectivity index (χ0v) is 8.21. The molecule has 0 saturated heterocycles. The highest BCUT2D eigenvalue weighted by atomic mass is 16.5. The molecule has 0 aliphatic rings. The van der Waals surface area contributed by atoms with Gasteiger partial charge in [-0.15, -0.1) is 0 Å². The van der Waals surface area contributed by atoms with Crippen molar-refractivity contribution in [2.75, 3.05) is 12.8 Å². The molecule has 1 heterocycles. The second kappa shape index (κ2) is 4.70. The zero-order chi connectivity index (χ0) is 9.68. The smallest absolute Gasteiger partial charge is 0.213 e. The Kier molecular flexibility index (Phi) is 3.55. The van der Waals surface area contributed by atoms with Crippen LogP contribution < -0.4 is 10.5 Å². The predicted molar refractivity (Wildman–Crippen MR) is 53.8 cm³/mol. The highest BCUT2D eigenvalue weighted by Gasteiger charge is 2.02. The van der Waals surface area contributed by atoms with Crippen LogP contribution in [0.5, 0.6) is 5.88 Å². The number of anilines is 1. The summed E-state index contributed by atoms with van der Waals surface area (Å²) in [6.07, 6.45) is 3.20. The Labute approximate surface area is 78.9 Å². The number of nitrogens with zero attached hydrogens (tertiary/aromatic N) is 1. The average Bonchev–Trinajstić information content (AvgIpc) is 2.17. The maximum Gasteiger partial charge on any atom is 0.213 e.